The van der Waals surface area contributed by atoms with Crippen LogP contribution in [0.2, 0.25) is 0 Å². The lowest BCUT2D eigenvalue weighted by Crippen LogP contribution is -2.39. The third-order valence-corrected chi connectivity index (χ3v) is 1.70. The van der Waals surface area contributed by atoms with Crippen molar-refractivity contribution in [1.82, 2.24) is 10.2 Å². The third kappa shape index (κ3) is 4.23. The van der Waals surface area contributed by atoms with Crippen molar-refractivity contribution in [3.8, 4) is 0 Å². The normalized spacial score (nSPS) is 9.17. The van der Waals surface area contributed by atoms with E-state index in [1.807, 2.05) is 0 Å². The molecule has 0 saturated heterocycles. The fourth-order valence-electron chi connectivity index (χ4n) is 0.785. The Morgan fingerprint density at radius 2 is 2.33 bits per heavy atom. The molecule has 12 heavy (non-hydrogen) atoms. The van der Waals surface area contributed by atoms with Gasteiger partial charge in [0.15, 0.2) is 0 Å². The van der Waals surface area contributed by atoms with Gasteiger partial charge in [-0.1, -0.05) is 0 Å². The van der Waals surface area contributed by atoms with E-state index in [9.17, 15) is 9.59 Å². The second-order valence-electron chi connectivity index (χ2n) is 2.24. The monoisotopic (exact) mass is 190 g/mol. The van der Waals surface area contributed by atoms with Gasteiger partial charge in [0.1, 0.15) is 6.29 Å². The zero-order valence-corrected chi connectivity index (χ0v) is 8.01. The molecule has 2 amide bonds. The van der Waals surface area contributed by atoms with E-state index in [0.717, 1.165) is 6.42 Å². The molecule has 0 radical (unpaired) electrons. The minimum absolute atomic E-state index is 0.146. The van der Waals surface area contributed by atoms with E-state index in [-0.39, 0.29) is 12.6 Å². The van der Waals surface area contributed by atoms with Crippen molar-refractivity contribution in [2.45, 2.75) is 6.42 Å². The van der Waals surface area contributed by atoms with Crippen molar-refractivity contribution in [2.75, 3.05) is 25.9 Å². The summed E-state index contributed by atoms with van der Waals surface area (Å²) in [5.41, 5.74) is 0. The van der Waals surface area contributed by atoms with Gasteiger partial charge in [-0.2, -0.15) is 12.6 Å². The Kier molecular flexibility index (Phi) is 6.55. The summed E-state index contributed by atoms with van der Waals surface area (Å²) in [7, 11) is 1.54. The number of carbonyl (C=O) groups excluding carboxylic acids is 2. The molecule has 4 nitrogen and oxygen atoms in total. The van der Waals surface area contributed by atoms with E-state index >= 15 is 0 Å². The summed E-state index contributed by atoms with van der Waals surface area (Å²) >= 11 is 4.01. The lowest BCUT2D eigenvalue weighted by atomic mass is 10.4. The first-order valence-corrected chi connectivity index (χ1v) is 4.40. The lowest BCUT2D eigenvalue weighted by molar-refractivity contribution is -0.108. The van der Waals surface area contributed by atoms with Gasteiger partial charge in [-0.05, 0) is 12.2 Å². The fraction of sp³-hybridized carbons (Fsp3) is 0.714. The average molecular weight is 190 g/mol. The Morgan fingerprint density at radius 1 is 1.67 bits per heavy atom. The van der Waals surface area contributed by atoms with Gasteiger partial charge < -0.3 is 15.0 Å². The highest BCUT2D eigenvalue weighted by molar-refractivity contribution is 7.80. The molecule has 1 N–H and O–H groups in total. The zero-order valence-electron chi connectivity index (χ0n) is 7.12. The van der Waals surface area contributed by atoms with Crippen LogP contribution < -0.4 is 5.32 Å². The van der Waals surface area contributed by atoms with Crippen molar-refractivity contribution in [2.24, 2.45) is 0 Å². The number of aldehydes is 1. The van der Waals surface area contributed by atoms with Gasteiger partial charge in [0.05, 0.1) is 6.54 Å². The molecule has 0 fully saturated rings. The standard InChI is InChI=1S/C7H14N2O2S/c1-8-7(11)9(4-5-10)3-2-6-12/h5,12H,2-4,6H2,1H3,(H,8,11). The number of carbonyl (C=O) groups is 2. The van der Waals surface area contributed by atoms with Crippen LogP contribution in [0.25, 0.3) is 0 Å². The van der Waals surface area contributed by atoms with Crippen LogP contribution in [-0.2, 0) is 4.79 Å². The first-order valence-electron chi connectivity index (χ1n) is 3.77. The number of nitrogens with one attached hydrogen (secondary N) is 1. The summed E-state index contributed by atoms with van der Waals surface area (Å²) in [4.78, 5) is 22.6. The Labute approximate surface area is 77.7 Å². The number of nitrogens with zero attached hydrogens (tertiary/aromatic N) is 1. The van der Waals surface area contributed by atoms with Gasteiger partial charge in [-0.3, -0.25) is 0 Å². The Morgan fingerprint density at radius 3 is 2.75 bits per heavy atom. The van der Waals surface area contributed by atoms with Crippen LogP contribution in [0.4, 0.5) is 4.79 Å². The maximum Gasteiger partial charge on any atom is 0.317 e. The maximum atomic E-state index is 11.0. The lowest BCUT2D eigenvalue weighted by Gasteiger charge is -2.18. The first-order chi connectivity index (χ1) is 5.76. The van der Waals surface area contributed by atoms with Crippen molar-refractivity contribution >= 4 is 24.9 Å². The highest BCUT2D eigenvalue weighted by Crippen LogP contribution is 1.92. The molecular formula is C7H14N2O2S. The third-order valence-electron chi connectivity index (χ3n) is 1.38. The molecular weight excluding hydrogens is 176 g/mol. The molecule has 0 atom stereocenters. The van der Waals surface area contributed by atoms with Crippen LogP contribution in [0.1, 0.15) is 6.42 Å². The van der Waals surface area contributed by atoms with Gasteiger partial charge in [0.2, 0.25) is 0 Å². The minimum atomic E-state index is -0.219. The number of amides is 2. The molecule has 0 unspecified atom stereocenters. The Hall–Kier alpha value is -0.710. The van der Waals surface area contributed by atoms with Crippen LogP contribution in [0.15, 0.2) is 0 Å². The smallest absolute Gasteiger partial charge is 0.317 e. The van der Waals surface area contributed by atoms with Crippen LogP contribution in [0, 0.1) is 0 Å². The van der Waals surface area contributed by atoms with E-state index < -0.39 is 0 Å². The molecule has 0 rings (SSSR count). The SMILES string of the molecule is CNC(=O)N(CC=O)CCCS. The number of thiol groups is 1. The molecule has 0 aromatic heterocycles. The van der Waals surface area contributed by atoms with Crippen LogP contribution in [0.5, 0.6) is 0 Å². The number of hydrogen-bond donors (Lipinski definition) is 2. The summed E-state index contributed by atoms with van der Waals surface area (Å²) in [5, 5.41) is 2.46. The van der Waals surface area contributed by atoms with E-state index in [1.165, 1.54) is 4.90 Å². The van der Waals surface area contributed by atoms with E-state index in [1.54, 1.807) is 7.05 Å². The molecule has 0 aliphatic carbocycles. The number of hydrogen-bond acceptors (Lipinski definition) is 3. The average Bonchev–Trinajstić information content (AvgIpc) is 2.11. The highest BCUT2D eigenvalue weighted by Gasteiger charge is 2.08. The summed E-state index contributed by atoms with van der Waals surface area (Å²) in [6, 6.07) is -0.219. The molecule has 0 spiro atoms. The highest BCUT2D eigenvalue weighted by atomic mass is 32.1. The predicted molar refractivity (Wildman–Crippen MR) is 50.6 cm³/mol. The summed E-state index contributed by atoms with van der Waals surface area (Å²) in [5.74, 6) is 0.715. The second kappa shape index (κ2) is 6.97. The number of urea groups is 1. The molecule has 70 valence electrons. The molecule has 0 saturated carbocycles. The van der Waals surface area contributed by atoms with Gasteiger partial charge in [-0.15, -0.1) is 0 Å². The fourth-order valence-corrected chi connectivity index (χ4v) is 0.927. The van der Waals surface area contributed by atoms with Gasteiger partial charge >= 0.3 is 6.03 Å². The Bertz CT molecular complexity index is 152. The number of rotatable bonds is 5. The van der Waals surface area contributed by atoms with Crippen molar-refractivity contribution in [3.63, 3.8) is 0 Å². The zero-order chi connectivity index (χ0) is 9.40. The maximum absolute atomic E-state index is 11.0. The van der Waals surface area contributed by atoms with Gasteiger partial charge in [-0.25, -0.2) is 4.79 Å². The first kappa shape index (κ1) is 11.3. The van der Waals surface area contributed by atoms with Gasteiger partial charge in [0, 0.05) is 13.6 Å². The molecule has 0 heterocycles. The quantitative estimate of drug-likeness (QED) is 0.479. The van der Waals surface area contributed by atoms with Crippen LogP contribution in [0.3, 0.4) is 0 Å². The van der Waals surface area contributed by atoms with Crippen LogP contribution >= 0.6 is 12.6 Å². The van der Waals surface area contributed by atoms with Crippen LogP contribution in [-0.4, -0.2) is 43.1 Å². The second-order valence-corrected chi connectivity index (χ2v) is 2.69. The predicted octanol–water partition coefficient (Wildman–Crippen LogP) is 0.147. The topological polar surface area (TPSA) is 49.4 Å². The van der Waals surface area contributed by atoms with Gasteiger partial charge in [0.25, 0.3) is 0 Å². The molecule has 5 heteroatoms. The van der Waals surface area contributed by atoms with Crippen molar-refractivity contribution in [1.29, 1.82) is 0 Å². The summed E-state index contributed by atoms with van der Waals surface area (Å²) in [6.07, 6.45) is 1.51. The van der Waals surface area contributed by atoms with E-state index in [2.05, 4.69) is 17.9 Å². The molecule has 0 aromatic rings. The molecule has 0 aliphatic heterocycles. The summed E-state index contributed by atoms with van der Waals surface area (Å²) in [6.45, 7) is 0.718. The molecule has 0 aliphatic rings. The Balaban J connectivity index is 3.84. The minimum Gasteiger partial charge on any atom is -0.341 e. The van der Waals surface area contributed by atoms with Crippen molar-refractivity contribution < 1.29 is 9.59 Å². The van der Waals surface area contributed by atoms with Crippen molar-refractivity contribution in [3.05, 3.63) is 0 Å². The van der Waals surface area contributed by atoms with E-state index in [0.29, 0.717) is 18.6 Å². The van der Waals surface area contributed by atoms with E-state index in [4.69, 9.17) is 0 Å². The summed E-state index contributed by atoms with van der Waals surface area (Å²) < 4.78 is 0. The molecule has 0 bridgehead atoms. The molecule has 0 aromatic carbocycles. The largest absolute Gasteiger partial charge is 0.341 e.